The van der Waals surface area contributed by atoms with Crippen molar-refractivity contribution >= 4 is 23.8 Å². The molecule has 0 aliphatic carbocycles. The minimum absolute atomic E-state index is 0.0541. The monoisotopic (exact) mass is 773 g/mol. The van der Waals surface area contributed by atoms with E-state index in [-0.39, 0.29) is 45.7 Å². The van der Waals surface area contributed by atoms with Gasteiger partial charge in [-0.2, -0.15) is 0 Å². The third-order valence-electron chi connectivity index (χ3n) is 6.34. The van der Waals surface area contributed by atoms with Gasteiger partial charge >= 0.3 is 11.9 Å². The van der Waals surface area contributed by atoms with Gasteiger partial charge in [0.2, 0.25) is 0 Å². The van der Waals surface area contributed by atoms with Crippen LogP contribution in [0.5, 0.6) is 0 Å². The van der Waals surface area contributed by atoms with Crippen LogP contribution in [-0.4, -0.2) is 206 Å². The Labute approximate surface area is 310 Å². The molecule has 53 heavy (non-hydrogen) atoms. The van der Waals surface area contributed by atoms with Crippen molar-refractivity contribution in [2.45, 2.75) is 19.3 Å². The molecule has 1 rings (SSSR count). The molecule has 0 unspecified atom stereocenters. The second kappa shape index (κ2) is 37.9. The summed E-state index contributed by atoms with van der Waals surface area (Å²) in [7, 11) is 0. The number of hydrogen-bond acceptors (Lipinski definition) is 18. The minimum Gasteiger partial charge on any atom is -0.480 e. The average molecular weight is 774 g/mol. The van der Waals surface area contributed by atoms with Crippen molar-refractivity contribution in [1.82, 2.24) is 5.06 Å². The fourth-order valence-corrected chi connectivity index (χ4v) is 3.76. The molecule has 20 nitrogen and oxygen atoms in total. The molecule has 1 aliphatic rings. The number of amides is 2. The molecular weight excluding hydrogens is 714 g/mol. The summed E-state index contributed by atoms with van der Waals surface area (Å²) >= 11 is 0. The van der Waals surface area contributed by atoms with Crippen molar-refractivity contribution in [3.63, 3.8) is 0 Å². The van der Waals surface area contributed by atoms with Gasteiger partial charge in [-0.25, -0.2) is 9.59 Å². The van der Waals surface area contributed by atoms with Gasteiger partial charge in [0.25, 0.3) is 11.8 Å². The SMILES string of the molecule is O=C(O)COCCOCCOCCOCCOCCOCCOCCOCCOCCOCCOCCOCCOCCC(=O)ON1C(=O)CCC1=O. The average Bonchev–Trinajstić information content (AvgIpc) is 3.46. The highest BCUT2D eigenvalue weighted by atomic mass is 16.7. The summed E-state index contributed by atoms with van der Waals surface area (Å²) in [4.78, 5) is 49.5. The number of carbonyl (C=O) groups is 4. The molecule has 0 spiro atoms. The maximum Gasteiger partial charge on any atom is 0.335 e. The summed E-state index contributed by atoms with van der Waals surface area (Å²) in [6.45, 7) is 9.82. The summed E-state index contributed by atoms with van der Waals surface area (Å²) in [6.07, 6.45) is 0.0283. The molecule has 1 heterocycles. The molecule has 0 aromatic rings. The molecule has 310 valence electrons. The molecule has 0 aromatic heterocycles. The van der Waals surface area contributed by atoms with Crippen molar-refractivity contribution in [1.29, 1.82) is 0 Å². The largest absolute Gasteiger partial charge is 0.480 e. The number of carboxylic acid groups (broad SMARTS) is 1. The highest BCUT2D eigenvalue weighted by molar-refractivity contribution is 6.01. The van der Waals surface area contributed by atoms with Crippen LogP contribution in [0.1, 0.15) is 19.3 Å². The van der Waals surface area contributed by atoms with Crippen LogP contribution in [0, 0.1) is 0 Å². The topological polar surface area (TPSA) is 221 Å². The first-order chi connectivity index (χ1) is 26.0. The summed E-state index contributed by atoms with van der Waals surface area (Å²) < 4.78 is 69.6. The van der Waals surface area contributed by atoms with E-state index in [0.717, 1.165) is 0 Å². The molecule has 0 saturated carbocycles. The molecule has 0 radical (unpaired) electrons. The summed E-state index contributed by atoms with van der Waals surface area (Å²) in [5.41, 5.74) is 0. The van der Waals surface area contributed by atoms with Crippen LogP contribution in [0.15, 0.2) is 0 Å². The van der Waals surface area contributed by atoms with Gasteiger partial charge in [-0.15, -0.1) is 5.06 Å². The van der Waals surface area contributed by atoms with E-state index in [1.54, 1.807) is 0 Å². The molecule has 0 bridgehead atoms. The first-order valence-corrected chi connectivity index (χ1v) is 17.8. The Kier molecular flexibility index (Phi) is 34.7. The number of carboxylic acids is 1. The molecule has 0 aromatic carbocycles. The zero-order chi connectivity index (χ0) is 38.3. The van der Waals surface area contributed by atoms with Gasteiger partial charge in [-0.1, -0.05) is 0 Å². The van der Waals surface area contributed by atoms with Gasteiger partial charge in [0.1, 0.15) is 6.61 Å². The molecule has 0 atom stereocenters. The van der Waals surface area contributed by atoms with Crippen molar-refractivity contribution < 1.29 is 90.7 Å². The number of carbonyl (C=O) groups excluding carboxylic acids is 3. The van der Waals surface area contributed by atoms with Gasteiger partial charge in [-0.05, 0) is 0 Å². The van der Waals surface area contributed by atoms with Gasteiger partial charge < -0.3 is 71.5 Å². The zero-order valence-electron chi connectivity index (χ0n) is 30.7. The van der Waals surface area contributed by atoms with Gasteiger partial charge in [0.05, 0.1) is 172 Å². The number of imide groups is 1. The molecule has 1 saturated heterocycles. The smallest absolute Gasteiger partial charge is 0.335 e. The second-order valence-electron chi connectivity index (χ2n) is 10.6. The first kappa shape index (κ1) is 48.6. The Bertz CT molecular complexity index is 883. The van der Waals surface area contributed by atoms with Gasteiger partial charge in [0.15, 0.2) is 0 Å². The maximum absolute atomic E-state index is 11.6. The summed E-state index contributed by atoms with van der Waals surface area (Å²) in [6, 6.07) is 0. The molecule has 20 heteroatoms. The van der Waals surface area contributed by atoms with Crippen LogP contribution >= 0.6 is 0 Å². The van der Waals surface area contributed by atoms with E-state index in [9.17, 15) is 19.2 Å². The number of ether oxygens (including phenoxy) is 13. The first-order valence-electron chi connectivity index (χ1n) is 17.8. The summed E-state index contributed by atoms with van der Waals surface area (Å²) in [5, 5.41) is 8.94. The van der Waals surface area contributed by atoms with Crippen LogP contribution in [0.3, 0.4) is 0 Å². The number of hydroxylamine groups is 2. The van der Waals surface area contributed by atoms with Crippen LogP contribution in [0.2, 0.25) is 0 Å². The standard InChI is InChI=1S/C33H59NO19/c35-30-1-2-31(36)34(30)53-33(39)3-4-40-5-6-41-7-8-42-9-10-43-11-12-44-13-14-45-15-16-46-17-18-47-19-20-48-21-22-49-23-24-50-25-26-51-27-28-52-29-32(37)38/h1-29H2,(H,37,38). The minimum atomic E-state index is -1.00. The molecule has 1 aliphatic heterocycles. The van der Waals surface area contributed by atoms with Crippen LogP contribution < -0.4 is 0 Å². The zero-order valence-corrected chi connectivity index (χ0v) is 30.7. The third kappa shape index (κ3) is 33.8. The highest BCUT2D eigenvalue weighted by Crippen LogP contribution is 2.12. The fraction of sp³-hybridized carbons (Fsp3) is 0.879. The summed E-state index contributed by atoms with van der Waals surface area (Å²) in [5.74, 6) is -2.74. The normalized spacial score (nSPS) is 13.0. The number of rotatable bonds is 42. The van der Waals surface area contributed by atoms with E-state index < -0.39 is 23.8 Å². The molecular formula is C33H59NO19. The molecule has 1 N–H and O–H groups in total. The van der Waals surface area contributed by atoms with Crippen molar-refractivity contribution in [2.24, 2.45) is 0 Å². The van der Waals surface area contributed by atoms with Crippen LogP contribution in [0.4, 0.5) is 0 Å². The van der Waals surface area contributed by atoms with E-state index in [2.05, 4.69) is 0 Å². The van der Waals surface area contributed by atoms with Crippen LogP contribution in [0.25, 0.3) is 0 Å². The van der Waals surface area contributed by atoms with E-state index in [0.29, 0.717) is 150 Å². The van der Waals surface area contributed by atoms with E-state index in [1.807, 2.05) is 0 Å². The molecule has 1 fully saturated rings. The maximum atomic E-state index is 11.6. The number of hydrogen-bond donors (Lipinski definition) is 1. The Hall–Kier alpha value is -2.44. The second-order valence-corrected chi connectivity index (χ2v) is 10.6. The van der Waals surface area contributed by atoms with Crippen molar-refractivity contribution in [3.05, 3.63) is 0 Å². The van der Waals surface area contributed by atoms with E-state index in [4.69, 9.17) is 71.5 Å². The van der Waals surface area contributed by atoms with Gasteiger partial charge in [0, 0.05) is 12.8 Å². The Morgan fingerprint density at radius 3 is 0.868 bits per heavy atom. The lowest BCUT2D eigenvalue weighted by Gasteiger charge is -2.12. The Balaban J connectivity index is 1.63. The van der Waals surface area contributed by atoms with E-state index in [1.165, 1.54) is 0 Å². The number of aliphatic carboxylic acids is 1. The van der Waals surface area contributed by atoms with E-state index >= 15 is 0 Å². The molecule has 2 amide bonds. The fourth-order valence-electron chi connectivity index (χ4n) is 3.76. The predicted molar refractivity (Wildman–Crippen MR) is 180 cm³/mol. The lowest BCUT2D eigenvalue weighted by Crippen LogP contribution is -2.32. The van der Waals surface area contributed by atoms with Gasteiger partial charge in [-0.3, -0.25) is 9.59 Å². The quantitative estimate of drug-likeness (QED) is 0.0598. The van der Waals surface area contributed by atoms with Crippen molar-refractivity contribution in [2.75, 3.05) is 172 Å². The van der Waals surface area contributed by atoms with Crippen molar-refractivity contribution in [3.8, 4) is 0 Å². The number of nitrogens with zero attached hydrogens (tertiary/aromatic N) is 1. The Morgan fingerprint density at radius 1 is 0.396 bits per heavy atom. The predicted octanol–water partition coefficient (Wildman–Crippen LogP) is -0.716. The highest BCUT2D eigenvalue weighted by Gasteiger charge is 2.32. The lowest BCUT2D eigenvalue weighted by molar-refractivity contribution is -0.198. The third-order valence-corrected chi connectivity index (χ3v) is 6.34. The Morgan fingerprint density at radius 2 is 0.623 bits per heavy atom. The lowest BCUT2D eigenvalue weighted by atomic mass is 10.4. The van der Waals surface area contributed by atoms with Crippen LogP contribution in [-0.2, 0) is 85.6 Å².